The van der Waals surface area contributed by atoms with E-state index < -0.39 is 0 Å². The fourth-order valence-corrected chi connectivity index (χ4v) is 1.04. The SMILES string of the molecule is C=CCC/C(C)=N\Nc1cc[nH]c(=O)c1. The zero-order chi connectivity index (χ0) is 11.1. The van der Waals surface area contributed by atoms with E-state index in [4.69, 9.17) is 0 Å². The largest absolute Gasteiger partial charge is 0.329 e. The molecular formula is C11H15N3O. The van der Waals surface area contributed by atoms with E-state index in [0.717, 1.165) is 18.6 Å². The molecule has 4 nitrogen and oxygen atoms in total. The van der Waals surface area contributed by atoms with Crippen molar-refractivity contribution in [1.82, 2.24) is 4.98 Å². The third-order valence-electron chi connectivity index (χ3n) is 1.86. The Hall–Kier alpha value is -1.84. The number of aromatic amines is 1. The van der Waals surface area contributed by atoms with Crippen LogP contribution in [0.25, 0.3) is 0 Å². The van der Waals surface area contributed by atoms with Crippen LogP contribution in [0.5, 0.6) is 0 Å². The fraction of sp³-hybridized carbons (Fsp3) is 0.273. The summed E-state index contributed by atoms with van der Waals surface area (Å²) in [5.41, 5.74) is 4.36. The number of H-pyrrole nitrogens is 1. The van der Waals surface area contributed by atoms with Gasteiger partial charge >= 0.3 is 0 Å². The maximum atomic E-state index is 10.9. The first-order valence-corrected chi connectivity index (χ1v) is 4.81. The molecule has 0 radical (unpaired) electrons. The number of pyridine rings is 1. The molecule has 0 aliphatic rings. The highest BCUT2D eigenvalue weighted by molar-refractivity contribution is 5.82. The molecule has 1 rings (SSSR count). The van der Waals surface area contributed by atoms with Crippen molar-refractivity contribution in [3.05, 3.63) is 41.3 Å². The molecule has 0 aliphatic heterocycles. The molecular weight excluding hydrogens is 190 g/mol. The van der Waals surface area contributed by atoms with Crippen LogP contribution in [0.15, 0.2) is 40.9 Å². The van der Waals surface area contributed by atoms with E-state index in [1.165, 1.54) is 6.07 Å². The van der Waals surface area contributed by atoms with E-state index in [-0.39, 0.29) is 5.56 Å². The van der Waals surface area contributed by atoms with Crippen LogP contribution in [-0.2, 0) is 0 Å². The molecule has 0 saturated carbocycles. The standard InChI is InChI=1S/C11H15N3O/c1-3-4-5-9(2)13-14-10-6-7-12-11(15)8-10/h3,6-8H,1,4-5H2,2H3,(H2,12,14,15)/b13-9-. The molecule has 80 valence electrons. The second kappa shape index (κ2) is 5.80. The lowest BCUT2D eigenvalue weighted by Gasteiger charge is -2.01. The van der Waals surface area contributed by atoms with Crippen LogP contribution in [0.2, 0.25) is 0 Å². The van der Waals surface area contributed by atoms with E-state index >= 15 is 0 Å². The van der Waals surface area contributed by atoms with Crippen LogP contribution < -0.4 is 11.0 Å². The summed E-state index contributed by atoms with van der Waals surface area (Å²) in [5.74, 6) is 0. The zero-order valence-corrected chi connectivity index (χ0v) is 8.79. The van der Waals surface area contributed by atoms with Gasteiger partial charge in [0.05, 0.1) is 5.69 Å². The molecule has 0 saturated heterocycles. The van der Waals surface area contributed by atoms with Crippen molar-refractivity contribution < 1.29 is 0 Å². The number of nitrogens with zero attached hydrogens (tertiary/aromatic N) is 1. The van der Waals surface area contributed by atoms with Gasteiger partial charge in [-0.05, 0) is 25.8 Å². The third-order valence-corrected chi connectivity index (χ3v) is 1.86. The number of rotatable bonds is 5. The van der Waals surface area contributed by atoms with Gasteiger partial charge in [0.1, 0.15) is 0 Å². The minimum atomic E-state index is -0.140. The van der Waals surface area contributed by atoms with Crippen LogP contribution in [-0.4, -0.2) is 10.7 Å². The van der Waals surface area contributed by atoms with Gasteiger partial charge in [-0.1, -0.05) is 6.08 Å². The van der Waals surface area contributed by atoms with Gasteiger partial charge in [-0.25, -0.2) is 0 Å². The molecule has 1 aromatic heterocycles. The highest BCUT2D eigenvalue weighted by Gasteiger charge is 1.92. The molecule has 0 atom stereocenters. The van der Waals surface area contributed by atoms with Gasteiger partial charge in [0, 0.05) is 18.0 Å². The first kappa shape index (κ1) is 11.2. The molecule has 0 unspecified atom stereocenters. The van der Waals surface area contributed by atoms with Crippen molar-refractivity contribution in [2.45, 2.75) is 19.8 Å². The van der Waals surface area contributed by atoms with E-state index in [0.29, 0.717) is 5.69 Å². The molecule has 0 aromatic carbocycles. The van der Waals surface area contributed by atoms with Crippen LogP contribution in [0.3, 0.4) is 0 Å². The van der Waals surface area contributed by atoms with Gasteiger partial charge in [-0.3, -0.25) is 10.2 Å². The molecule has 2 N–H and O–H groups in total. The molecule has 0 amide bonds. The molecule has 0 spiro atoms. The predicted molar refractivity (Wildman–Crippen MR) is 63.2 cm³/mol. The topological polar surface area (TPSA) is 57.2 Å². The summed E-state index contributed by atoms with van der Waals surface area (Å²) in [4.78, 5) is 13.5. The first-order chi connectivity index (χ1) is 7.22. The van der Waals surface area contributed by atoms with Crippen LogP contribution in [0.1, 0.15) is 19.8 Å². The van der Waals surface area contributed by atoms with Crippen LogP contribution in [0.4, 0.5) is 5.69 Å². The summed E-state index contributed by atoms with van der Waals surface area (Å²) in [5, 5.41) is 4.14. The molecule has 1 aromatic rings. The Morgan fingerprint density at radius 1 is 1.73 bits per heavy atom. The van der Waals surface area contributed by atoms with Crippen molar-refractivity contribution in [1.29, 1.82) is 0 Å². The van der Waals surface area contributed by atoms with Crippen molar-refractivity contribution in [2.75, 3.05) is 5.43 Å². The number of aromatic nitrogens is 1. The summed E-state index contributed by atoms with van der Waals surface area (Å²) in [6, 6.07) is 3.22. The van der Waals surface area contributed by atoms with Crippen molar-refractivity contribution in [3.8, 4) is 0 Å². The lowest BCUT2D eigenvalue weighted by Crippen LogP contribution is -2.04. The van der Waals surface area contributed by atoms with Gasteiger partial charge in [-0.15, -0.1) is 6.58 Å². The molecule has 0 fully saturated rings. The normalized spacial score (nSPS) is 11.1. The van der Waals surface area contributed by atoms with Gasteiger partial charge in [0.25, 0.3) is 0 Å². The highest BCUT2D eigenvalue weighted by Crippen LogP contribution is 2.01. The molecule has 0 bridgehead atoms. The zero-order valence-electron chi connectivity index (χ0n) is 8.79. The number of hydrazone groups is 1. The van der Waals surface area contributed by atoms with Gasteiger partial charge in [0.15, 0.2) is 0 Å². The minimum Gasteiger partial charge on any atom is -0.329 e. The van der Waals surface area contributed by atoms with E-state index in [2.05, 4.69) is 22.1 Å². The number of anilines is 1. The number of allylic oxidation sites excluding steroid dienone is 1. The molecule has 15 heavy (non-hydrogen) atoms. The highest BCUT2D eigenvalue weighted by atomic mass is 16.1. The summed E-state index contributed by atoms with van der Waals surface area (Å²) in [6.45, 7) is 5.58. The maximum absolute atomic E-state index is 10.9. The molecule has 0 aliphatic carbocycles. The molecule has 1 heterocycles. The second-order valence-corrected chi connectivity index (χ2v) is 3.23. The third kappa shape index (κ3) is 4.26. The lowest BCUT2D eigenvalue weighted by atomic mass is 10.2. The summed E-state index contributed by atoms with van der Waals surface area (Å²) in [6.07, 6.45) is 5.22. The van der Waals surface area contributed by atoms with Crippen molar-refractivity contribution in [2.24, 2.45) is 5.10 Å². The van der Waals surface area contributed by atoms with E-state index in [1.54, 1.807) is 12.3 Å². The minimum absolute atomic E-state index is 0.140. The Bertz CT molecular complexity index is 406. The Morgan fingerprint density at radius 2 is 2.53 bits per heavy atom. The quantitative estimate of drug-likeness (QED) is 0.439. The number of hydrogen-bond donors (Lipinski definition) is 2. The number of hydrogen-bond acceptors (Lipinski definition) is 3. The average Bonchev–Trinajstić information content (AvgIpc) is 2.23. The Labute approximate surface area is 88.7 Å². The Morgan fingerprint density at radius 3 is 3.20 bits per heavy atom. The van der Waals surface area contributed by atoms with Gasteiger partial charge in [0.2, 0.25) is 5.56 Å². The number of nitrogens with one attached hydrogen (secondary N) is 2. The van der Waals surface area contributed by atoms with E-state index in [1.807, 2.05) is 13.0 Å². The predicted octanol–water partition coefficient (Wildman–Crippen LogP) is 2.13. The summed E-state index contributed by atoms with van der Waals surface area (Å²) in [7, 11) is 0. The average molecular weight is 205 g/mol. The Kier molecular flexibility index (Phi) is 4.34. The smallest absolute Gasteiger partial charge is 0.250 e. The van der Waals surface area contributed by atoms with Gasteiger partial charge in [-0.2, -0.15) is 5.10 Å². The fourth-order valence-electron chi connectivity index (χ4n) is 1.04. The van der Waals surface area contributed by atoms with E-state index in [9.17, 15) is 4.79 Å². The van der Waals surface area contributed by atoms with Crippen LogP contribution >= 0.6 is 0 Å². The second-order valence-electron chi connectivity index (χ2n) is 3.23. The summed E-state index contributed by atoms with van der Waals surface area (Å²) >= 11 is 0. The maximum Gasteiger partial charge on any atom is 0.250 e. The van der Waals surface area contributed by atoms with Crippen LogP contribution in [0, 0.1) is 0 Å². The first-order valence-electron chi connectivity index (χ1n) is 4.81. The van der Waals surface area contributed by atoms with Gasteiger partial charge < -0.3 is 4.98 Å². The van der Waals surface area contributed by atoms with Crippen molar-refractivity contribution >= 4 is 11.4 Å². The Balaban J connectivity index is 2.55. The monoisotopic (exact) mass is 205 g/mol. The van der Waals surface area contributed by atoms with Crippen molar-refractivity contribution in [3.63, 3.8) is 0 Å². The summed E-state index contributed by atoms with van der Waals surface area (Å²) < 4.78 is 0. The lowest BCUT2D eigenvalue weighted by molar-refractivity contribution is 1.08. The molecule has 4 heteroatoms.